The number of thiophene rings is 1. The van der Waals surface area contributed by atoms with E-state index in [1.807, 2.05) is 45.8 Å². The van der Waals surface area contributed by atoms with Crippen LogP contribution in [0.15, 0.2) is 41.8 Å². The number of aromatic nitrogens is 3. The lowest BCUT2D eigenvalue weighted by molar-refractivity contribution is 0.144. The molecule has 0 saturated carbocycles. The molecule has 1 aliphatic rings. The summed E-state index contributed by atoms with van der Waals surface area (Å²) in [6, 6.07) is 12.9. The molecule has 4 nitrogen and oxygen atoms in total. The van der Waals surface area contributed by atoms with Gasteiger partial charge in [-0.1, -0.05) is 30.3 Å². The van der Waals surface area contributed by atoms with Crippen molar-refractivity contribution >= 4 is 23.6 Å². The van der Waals surface area contributed by atoms with E-state index < -0.39 is 0 Å². The summed E-state index contributed by atoms with van der Waals surface area (Å²) >= 11 is 7.49. The number of hydrogen-bond acceptors (Lipinski definition) is 4. The molecule has 0 spiro atoms. The quantitative estimate of drug-likeness (QED) is 0.656. The molecule has 0 unspecified atom stereocenters. The number of rotatable bonds is 3. The number of hydrogen-bond donors (Lipinski definition) is 0. The monoisotopic (exact) mass is 356 g/mol. The number of benzene rings is 1. The second-order valence-electron chi connectivity index (χ2n) is 6.21. The van der Waals surface area contributed by atoms with Gasteiger partial charge in [-0.3, -0.25) is 4.90 Å². The SMILES string of the molecule is C[C@H]1c2ccsc2CCN1Cn1nc(-c2ccccc2)n(C)c1=S. The Morgan fingerprint density at radius 3 is 2.83 bits per heavy atom. The second kappa shape index (κ2) is 6.27. The summed E-state index contributed by atoms with van der Waals surface area (Å²) in [5.74, 6) is 0.918. The van der Waals surface area contributed by atoms with Gasteiger partial charge in [0.15, 0.2) is 10.6 Å². The fourth-order valence-corrected chi connectivity index (χ4v) is 4.49. The molecule has 0 N–H and O–H groups in total. The molecule has 1 atom stereocenters. The summed E-state index contributed by atoms with van der Waals surface area (Å²) in [6.07, 6.45) is 1.11. The maximum absolute atomic E-state index is 5.62. The fourth-order valence-electron chi connectivity index (χ4n) is 3.35. The maximum Gasteiger partial charge on any atom is 0.199 e. The van der Waals surface area contributed by atoms with E-state index >= 15 is 0 Å². The molecule has 2 aromatic heterocycles. The van der Waals surface area contributed by atoms with E-state index in [9.17, 15) is 0 Å². The van der Waals surface area contributed by atoms with Gasteiger partial charge in [0.25, 0.3) is 0 Å². The van der Waals surface area contributed by atoms with E-state index in [2.05, 4.69) is 35.4 Å². The zero-order valence-electron chi connectivity index (χ0n) is 13.8. The van der Waals surface area contributed by atoms with Crippen LogP contribution in [0.25, 0.3) is 11.4 Å². The first-order chi connectivity index (χ1) is 11.6. The third-order valence-corrected chi connectivity index (χ3v) is 6.27. The highest BCUT2D eigenvalue weighted by molar-refractivity contribution is 7.71. The Morgan fingerprint density at radius 2 is 2.04 bits per heavy atom. The highest BCUT2D eigenvalue weighted by Gasteiger charge is 2.25. The summed E-state index contributed by atoms with van der Waals surface area (Å²) in [6.45, 7) is 4.05. The Hall–Kier alpha value is -1.76. The molecule has 3 heterocycles. The molecule has 4 rings (SSSR count). The molecule has 0 radical (unpaired) electrons. The van der Waals surface area contributed by atoms with Crippen LogP contribution in [0.4, 0.5) is 0 Å². The van der Waals surface area contributed by atoms with Gasteiger partial charge in [0, 0.05) is 30.1 Å². The van der Waals surface area contributed by atoms with Crippen molar-refractivity contribution < 1.29 is 0 Å². The van der Waals surface area contributed by atoms with Crippen molar-refractivity contribution in [3.05, 3.63) is 57.0 Å². The summed E-state index contributed by atoms with van der Waals surface area (Å²) in [5.41, 5.74) is 2.55. The minimum atomic E-state index is 0.407. The van der Waals surface area contributed by atoms with Crippen LogP contribution in [0, 0.1) is 4.77 Å². The second-order valence-corrected chi connectivity index (χ2v) is 7.58. The molecule has 0 aliphatic carbocycles. The predicted molar refractivity (Wildman–Crippen MR) is 101 cm³/mol. The summed E-state index contributed by atoms with van der Waals surface area (Å²) in [5, 5.41) is 6.99. The van der Waals surface area contributed by atoms with E-state index in [1.165, 1.54) is 10.4 Å². The van der Waals surface area contributed by atoms with Crippen LogP contribution < -0.4 is 0 Å². The van der Waals surface area contributed by atoms with Crippen molar-refractivity contribution in [2.75, 3.05) is 6.54 Å². The molecule has 24 heavy (non-hydrogen) atoms. The first-order valence-corrected chi connectivity index (χ1v) is 9.43. The average molecular weight is 357 g/mol. The van der Waals surface area contributed by atoms with Crippen molar-refractivity contribution in [2.24, 2.45) is 7.05 Å². The lowest BCUT2D eigenvalue weighted by atomic mass is 10.0. The van der Waals surface area contributed by atoms with Gasteiger partial charge >= 0.3 is 0 Å². The van der Waals surface area contributed by atoms with Crippen LogP contribution in [0.2, 0.25) is 0 Å². The third kappa shape index (κ3) is 2.64. The molecule has 6 heteroatoms. The lowest BCUT2D eigenvalue weighted by Gasteiger charge is -2.33. The molecule has 1 aliphatic heterocycles. The zero-order valence-corrected chi connectivity index (χ0v) is 15.5. The molecule has 0 bridgehead atoms. The Morgan fingerprint density at radius 1 is 1.25 bits per heavy atom. The van der Waals surface area contributed by atoms with Gasteiger partial charge in [-0.15, -0.1) is 11.3 Å². The topological polar surface area (TPSA) is 26.0 Å². The van der Waals surface area contributed by atoms with Crippen LogP contribution in [-0.2, 0) is 20.1 Å². The maximum atomic E-state index is 5.62. The first-order valence-electron chi connectivity index (χ1n) is 8.14. The molecule has 0 saturated heterocycles. The number of fused-ring (bicyclic) bond motifs is 1. The molecule has 3 aromatic rings. The van der Waals surface area contributed by atoms with Gasteiger partial charge in [-0.05, 0) is 42.6 Å². The summed E-state index contributed by atoms with van der Waals surface area (Å²) < 4.78 is 4.71. The number of nitrogens with zero attached hydrogens (tertiary/aromatic N) is 4. The van der Waals surface area contributed by atoms with E-state index in [-0.39, 0.29) is 0 Å². The fraction of sp³-hybridized carbons (Fsp3) is 0.333. The molecule has 1 aromatic carbocycles. The summed E-state index contributed by atoms with van der Waals surface area (Å²) in [7, 11) is 1.99. The van der Waals surface area contributed by atoms with Gasteiger partial charge in [0.05, 0.1) is 6.67 Å². The lowest BCUT2D eigenvalue weighted by Crippen LogP contribution is -2.35. The first kappa shape index (κ1) is 15.7. The minimum absolute atomic E-state index is 0.407. The summed E-state index contributed by atoms with van der Waals surface area (Å²) in [4.78, 5) is 3.97. The van der Waals surface area contributed by atoms with Crippen LogP contribution in [0.5, 0.6) is 0 Å². The Labute approximate surface area is 151 Å². The normalized spacial score (nSPS) is 17.8. The van der Waals surface area contributed by atoms with Crippen molar-refractivity contribution in [2.45, 2.75) is 26.1 Å². The van der Waals surface area contributed by atoms with Gasteiger partial charge in [0.2, 0.25) is 0 Å². The highest BCUT2D eigenvalue weighted by Crippen LogP contribution is 2.33. The molecule has 0 fully saturated rings. The average Bonchev–Trinajstić information content (AvgIpc) is 3.19. The van der Waals surface area contributed by atoms with Gasteiger partial charge in [-0.2, -0.15) is 5.10 Å². The minimum Gasteiger partial charge on any atom is -0.303 e. The van der Waals surface area contributed by atoms with Crippen molar-refractivity contribution in [1.82, 2.24) is 19.2 Å². The molecule has 124 valence electrons. The van der Waals surface area contributed by atoms with Crippen LogP contribution in [0.3, 0.4) is 0 Å². The Bertz CT molecular complexity index is 907. The Kier molecular flexibility index (Phi) is 4.12. The highest BCUT2D eigenvalue weighted by atomic mass is 32.1. The van der Waals surface area contributed by atoms with E-state index in [0.29, 0.717) is 6.04 Å². The van der Waals surface area contributed by atoms with E-state index in [4.69, 9.17) is 17.3 Å². The zero-order chi connectivity index (χ0) is 16.7. The van der Waals surface area contributed by atoms with Crippen molar-refractivity contribution in [1.29, 1.82) is 0 Å². The molecular formula is C18H20N4S2. The van der Waals surface area contributed by atoms with Crippen molar-refractivity contribution in [3.8, 4) is 11.4 Å². The largest absolute Gasteiger partial charge is 0.303 e. The van der Waals surface area contributed by atoms with Crippen LogP contribution >= 0.6 is 23.6 Å². The standard InChI is InChI=1S/C18H20N4S2/c1-13-15-9-11-24-16(15)8-10-21(13)12-22-18(23)20(2)17(19-22)14-6-4-3-5-7-14/h3-7,9,11,13H,8,10,12H2,1-2H3/t13-/m0/s1. The van der Waals surface area contributed by atoms with E-state index in [1.54, 1.807) is 0 Å². The third-order valence-electron chi connectivity index (χ3n) is 4.79. The predicted octanol–water partition coefficient (Wildman–Crippen LogP) is 4.26. The van der Waals surface area contributed by atoms with Crippen LogP contribution in [-0.4, -0.2) is 25.8 Å². The molecular weight excluding hydrogens is 336 g/mol. The van der Waals surface area contributed by atoms with E-state index in [0.717, 1.165) is 35.8 Å². The van der Waals surface area contributed by atoms with Gasteiger partial charge in [0.1, 0.15) is 0 Å². The Balaban J connectivity index is 1.63. The van der Waals surface area contributed by atoms with Crippen LogP contribution in [0.1, 0.15) is 23.4 Å². The van der Waals surface area contributed by atoms with Crippen molar-refractivity contribution in [3.63, 3.8) is 0 Å². The van der Waals surface area contributed by atoms with Gasteiger partial charge < -0.3 is 4.57 Å². The molecule has 0 amide bonds. The van der Waals surface area contributed by atoms with Gasteiger partial charge in [-0.25, -0.2) is 4.68 Å². The smallest absolute Gasteiger partial charge is 0.199 e.